The highest BCUT2D eigenvalue weighted by molar-refractivity contribution is 7.15. The van der Waals surface area contributed by atoms with Crippen molar-refractivity contribution in [3.63, 3.8) is 0 Å². The van der Waals surface area contributed by atoms with Gasteiger partial charge in [0.25, 0.3) is 5.91 Å². The smallest absolute Gasteiger partial charge is 0.257 e. The van der Waals surface area contributed by atoms with Crippen molar-refractivity contribution in [2.75, 3.05) is 31.6 Å². The minimum Gasteiger partial charge on any atom is -0.379 e. The molecule has 1 amide bonds. The summed E-state index contributed by atoms with van der Waals surface area (Å²) in [7, 11) is 0. The molecule has 0 saturated carbocycles. The number of amides is 1. The highest BCUT2D eigenvalue weighted by Crippen LogP contribution is 2.25. The van der Waals surface area contributed by atoms with E-state index in [1.165, 1.54) is 16.9 Å². The average Bonchev–Trinajstić information content (AvgIpc) is 3.18. The fourth-order valence-electron chi connectivity index (χ4n) is 3.22. The number of halogens is 1. The molecule has 1 aliphatic heterocycles. The van der Waals surface area contributed by atoms with Crippen molar-refractivity contribution in [2.24, 2.45) is 0 Å². The number of hydrogen-bond donors (Lipinski definition) is 1. The van der Waals surface area contributed by atoms with Crippen LogP contribution in [-0.4, -0.2) is 42.1 Å². The molecule has 150 valence electrons. The number of benzene rings is 2. The lowest BCUT2D eigenvalue weighted by atomic mass is 10.1. The molecule has 1 aliphatic rings. The van der Waals surface area contributed by atoms with E-state index in [-0.39, 0.29) is 5.91 Å². The van der Waals surface area contributed by atoms with E-state index in [2.05, 4.69) is 15.2 Å². The number of carbonyl (C=O) groups excluding carboxylic acids is 1. The van der Waals surface area contributed by atoms with Crippen LogP contribution in [-0.2, 0) is 17.7 Å². The molecule has 2 aromatic carbocycles. The van der Waals surface area contributed by atoms with Crippen molar-refractivity contribution >= 4 is 34.0 Å². The summed E-state index contributed by atoms with van der Waals surface area (Å²) in [5, 5.41) is 4.22. The van der Waals surface area contributed by atoms with E-state index >= 15 is 0 Å². The quantitative estimate of drug-likeness (QED) is 0.630. The molecule has 0 atom stereocenters. The number of thiazole rings is 1. The van der Waals surface area contributed by atoms with E-state index < -0.39 is 0 Å². The van der Waals surface area contributed by atoms with E-state index in [1.807, 2.05) is 48.5 Å². The number of aromatic nitrogens is 1. The predicted molar refractivity (Wildman–Crippen MR) is 117 cm³/mol. The molecule has 0 bridgehead atoms. The Labute approximate surface area is 179 Å². The highest BCUT2D eigenvalue weighted by atomic mass is 35.5. The van der Waals surface area contributed by atoms with Gasteiger partial charge in [0.1, 0.15) is 0 Å². The van der Waals surface area contributed by atoms with Crippen molar-refractivity contribution in [1.82, 2.24) is 9.88 Å². The van der Waals surface area contributed by atoms with Crippen LogP contribution in [0.1, 0.15) is 26.4 Å². The van der Waals surface area contributed by atoms with Crippen LogP contribution in [0.2, 0.25) is 5.02 Å². The number of ether oxygens (including phenoxy) is 1. The fraction of sp³-hybridized carbons (Fsp3) is 0.273. The van der Waals surface area contributed by atoms with E-state index in [0.717, 1.165) is 48.3 Å². The minimum atomic E-state index is -0.151. The molecule has 0 aliphatic carbocycles. The summed E-state index contributed by atoms with van der Waals surface area (Å²) >= 11 is 7.69. The predicted octanol–water partition coefficient (Wildman–Crippen LogP) is 4.47. The zero-order valence-electron chi connectivity index (χ0n) is 15.9. The van der Waals surface area contributed by atoms with Crippen molar-refractivity contribution in [3.05, 3.63) is 81.3 Å². The Hall–Kier alpha value is -2.25. The Balaban J connectivity index is 1.34. The Bertz CT molecular complexity index is 968. The van der Waals surface area contributed by atoms with Crippen molar-refractivity contribution < 1.29 is 9.53 Å². The molecule has 3 aromatic rings. The van der Waals surface area contributed by atoms with Gasteiger partial charge in [0.2, 0.25) is 0 Å². The molecular formula is C22H22ClN3O2S. The van der Waals surface area contributed by atoms with Gasteiger partial charge in [-0.25, -0.2) is 4.98 Å². The molecule has 5 nitrogen and oxygen atoms in total. The first-order valence-corrected chi connectivity index (χ1v) is 10.8. The summed E-state index contributed by atoms with van der Waals surface area (Å²) in [4.78, 5) is 20.3. The first-order chi connectivity index (χ1) is 14.2. The molecule has 1 aromatic heterocycles. The van der Waals surface area contributed by atoms with Gasteiger partial charge < -0.3 is 4.74 Å². The maximum atomic E-state index is 12.5. The topological polar surface area (TPSA) is 54.5 Å². The van der Waals surface area contributed by atoms with Crippen LogP contribution in [0.3, 0.4) is 0 Å². The summed E-state index contributed by atoms with van der Waals surface area (Å²) in [6, 6.07) is 15.5. The third kappa shape index (κ3) is 5.42. The van der Waals surface area contributed by atoms with Crippen LogP contribution in [0, 0.1) is 0 Å². The SMILES string of the molecule is O=C(Nc1ncc(Cc2ccccc2Cl)s1)c1ccc(CN2CCOCC2)cc1. The van der Waals surface area contributed by atoms with Gasteiger partial charge in [0.15, 0.2) is 5.13 Å². The maximum Gasteiger partial charge on any atom is 0.257 e. The number of carbonyl (C=O) groups is 1. The second-order valence-corrected chi connectivity index (χ2v) is 8.46. The average molecular weight is 428 g/mol. The van der Waals surface area contributed by atoms with Gasteiger partial charge in [-0.05, 0) is 29.3 Å². The molecule has 4 rings (SSSR count). The molecule has 7 heteroatoms. The standard InChI is InChI=1S/C22H22ClN3O2S/c23-20-4-2-1-3-18(20)13-19-14-24-22(29-19)25-21(27)17-7-5-16(6-8-17)15-26-9-11-28-12-10-26/h1-8,14H,9-13,15H2,(H,24,25,27). The molecule has 1 fully saturated rings. The lowest BCUT2D eigenvalue weighted by Crippen LogP contribution is -2.35. The fourth-order valence-corrected chi connectivity index (χ4v) is 4.26. The molecule has 1 saturated heterocycles. The maximum absolute atomic E-state index is 12.5. The van der Waals surface area contributed by atoms with Crippen LogP contribution in [0.25, 0.3) is 0 Å². The number of nitrogens with zero attached hydrogens (tertiary/aromatic N) is 2. The summed E-state index contributed by atoms with van der Waals surface area (Å²) in [6.45, 7) is 4.34. The molecule has 2 heterocycles. The van der Waals surface area contributed by atoms with E-state index in [0.29, 0.717) is 17.1 Å². The van der Waals surface area contributed by atoms with Crippen LogP contribution in [0.4, 0.5) is 5.13 Å². The lowest BCUT2D eigenvalue weighted by Gasteiger charge is -2.26. The third-order valence-electron chi connectivity index (χ3n) is 4.82. The van der Waals surface area contributed by atoms with Gasteiger partial charge in [0.05, 0.1) is 13.2 Å². The monoisotopic (exact) mass is 427 g/mol. The van der Waals surface area contributed by atoms with E-state index in [4.69, 9.17) is 16.3 Å². The molecular weight excluding hydrogens is 406 g/mol. The number of rotatable bonds is 6. The Morgan fingerprint density at radius 3 is 2.66 bits per heavy atom. The summed E-state index contributed by atoms with van der Waals surface area (Å²) < 4.78 is 5.38. The second-order valence-electron chi connectivity index (χ2n) is 6.94. The van der Waals surface area contributed by atoms with E-state index in [1.54, 1.807) is 6.20 Å². The molecule has 29 heavy (non-hydrogen) atoms. The van der Waals surface area contributed by atoms with Gasteiger partial charge in [-0.1, -0.05) is 41.9 Å². The van der Waals surface area contributed by atoms with Crippen LogP contribution in [0.5, 0.6) is 0 Å². The third-order valence-corrected chi connectivity index (χ3v) is 6.10. The molecule has 0 spiro atoms. The Kier molecular flexibility index (Phi) is 6.56. The van der Waals surface area contributed by atoms with Gasteiger partial charge in [-0.2, -0.15) is 0 Å². The van der Waals surface area contributed by atoms with Gasteiger partial charge in [-0.3, -0.25) is 15.0 Å². The lowest BCUT2D eigenvalue weighted by molar-refractivity contribution is 0.0342. The van der Waals surface area contributed by atoms with Crippen LogP contribution in [0.15, 0.2) is 54.7 Å². The summed E-state index contributed by atoms with van der Waals surface area (Å²) in [5.74, 6) is -0.151. The largest absolute Gasteiger partial charge is 0.379 e. The normalized spacial score (nSPS) is 14.7. The zero-order chi connectivity index (χ0) is 20.1. The van der Waals surface area contributed by atoms with Gasteiger partial charge in [-0.15, -0.1) is 11.3 Å². The minimum absolute atomic E-state index is 0.151. The number of nitrogens with one attached hydrogen (secondary N) is 1. The van der Waals surface area contributed by atoms with Crippen LogP contribution < -0.4 is 5.32 Å². The van der Waals surface area contributed by atoms with E-state index in [9.17, 15) is 4.79 Å². The first-order valence-electron chi connectivity index (χ1n) is 9.56. The number of hydrogen-bond acceptors (Lipinski definition) is 5. The number of morpholine rings is 1. The Morgan fingerprint density at radius 1 is 1.14 bits per heavy atom. The van der Waals surface area contributed by atoms with Crippen LogP contribution >= 0.6 is 22.9 Å². The van der Waals surface area contributed by atoms with Gasteiger partial charge in [0, 0.05) is 47.7 Å². The van der Waals surface area contributed by atoms with Crippen molar-refractivity contribution in [1.29, 1.82) is 0 Å². The second kappa shape index (κ2) is 9.50. The number of anilines is 1. The summed E-state index contributed by atoms with van der Waals surface area (Å²) in [5.41, 5.74) is 2.87. The zero-order valence-corrected chi connectivity index (χ0v) is 17.5. The summed E-state index contributed by atoms with van der Waals surface area (Å²) in [6.07, 6.45) is 2.48. The Morgan fingerprint density at radius 2 is 1.90 bits per heavy atom. The van der Waals surface area contributed by atoms with Crippen molar-refractivity contribution in [3.8, 4) is 0 Å². The molecule has 0 radical (unpaired) electrons. The molecule has 0 unspecified atom stereocenters. The van der Waals surface area contributed by atoms with Gasteiger partial charge >= 0.3 is 0 Å². The molecule has 1 N–H and O–H groups in total. The first kappa shape index (κ1) is 20.0. The highest BCUT2D eigenvalue weighted by Gasteiger charge is 2.13. The van der Waals surface area contributed by atoms with Crippen molar-refractivity contribution in [2.45, 2.75) is 13.0 Å².